The van der Waals surface area contributed by atoms with Crippen LogP contribution in [0.3, 0.4) is 0 Å². The minimum absolute atomic E-state index is 0.0358. The van der Waals surface area contributed by atoms with E-state index in [2.05, 4.69) is 31.2 Å². The maximum absolute atomic E-state index is 13.5. The van der Waals surface area contributed by atoms with Crippen molar-refractivity contribution >= 4 is 21.7 Å². The molecule has 2 rings (SSSR count). The highest BCUT2D eigenvalue weighted by Gasteiger charge is 2.10. The van der Waals surface area contributed by atoms with E-state index < -0.39 is 0 Å². The minimum atomic E-state index is -0.192. The van der Waals surface area contributed by atoms with Gasteiger partial charge in [-0.2, -0.15) is 0 Å². The first-order chi connectivity index (χ1) is 8.58. The van der Waals surface area contributed by atoms with Crippen LogP contribution < -0.4 is 5.32 Å². The lowest BCUT2D eigenvalue weighted by Crippen LogP contribution is -2.09. The molecule has 0 aliphatic heterocycles. The minimum Gasteiger partial charge on any atom is -0.363 e. The number of hydrogen-bond acceptors (Lipinski definition) is 3. The Morgan fingerprint density at radius 3 is 2.83 bits per heavy atom. The highest BCUT2D eigenvalue weighted by atomic mass is 79.9. The molecule has 94 valence electrons. The van der Waals surface area contributed by atoms with Gasteiger partial charge in [-0.3, -0.25) is 0 Å². The molecule has 0 amide bonds. The second-order valence-electron chi connectivity index (χ2n) is 4.09. The molecule has 0 fully saturated rings. The molecule has 0 aliphatic carbocycles. The molecule has 1 aromatic carbocycles. The van der Waals surface area contributed by atoms with Crippen molar-refractivity contribution in [2.24, 2.45) is 0 Å². The Hall–Kier alpha value is -1.49. The number of halogens is 2. The van der Waals surface area contributed by atoms with Crippen LogP contribution in [-0.4, -0.2) is 9.97 Å². The van der Waals surface area contributed by atoms with Gasteiger partial charge in [-0.15, -0.1) is 0 Å². The average molecular weight is 310 g/mol. The summed E-state index contributed by atoms with van der Waals surface area (Å²) in [6.45, 7) is 3.71. The van der Waals surface area contributed by atoms with Crippen LogP contribution in [0.5, 0.6) is 0 Å². The molecule has 0 radical (unpaired) electrons. The van der Waals surface area contributed by atoms with Crippen LogP contribution in [0.25, 0.3) is 0 Å². The number of anilines is 1. The fourth-order valence-electron chi connectivity index (χ4n) is 1.59. The van der Waals surface area contributed by atoms with Crippen LogP contribution in [-0.2, 0) is 0 Å². The van der Waals surface area contributed by atoms with E-state index in [1.165, 1.54) is 6.33 Å². The van der Waals surface area contributed by atoms with Crippen LogP contribution in [0.1, 0.15) is 24.1 Å². The van der Waals surface area contributed by atoms with Crippen molar-refractivity contribution in [2.45, 2.75) is 19.9 Å². The van der Waals surface area contributed by atoms with E-state index in [-0.39, 0.29) is 11.9 Å². The highest BCUT2D eigenvalue weighted by molar-refractivity contribution is 9.10. The van der Waals surface area contributed by atoms with E-state index in [1.807, 2.05) is 13.0 Å². The second-order valence-corrected chi connectivity index (χ2v) is 4.95. The Morgan fingerprint density at radius 2 is 2.17 bits per heavy atom. The Kier molecular flexibility index (Phi) is 3.91. The molecule has 0 aliphatic rings. The molecule has 0 saturated carbocycles. The summed E-state index contributed by atoms with van der Waals surface area (Å²) in [5.41, 5.74) is 1.53. The maximum Gasteiger partial charge on any atom is 0.144 e. The highest BCUT2D eigenvalue weighted by Crippen LogP contribution is 2.24. The topological polar surface area (TPSA) is 37.8 Å². The van der Waals surface area contributed by atoms with Crippen molar-refractivity contribution in [3.63, 3.8) is 0 Å². The quantitative estimate of drug-likeness (QED) is 0.935. The van der Waals surface area contributed by atoms with Gasteiger partial charge < -0.3 is 5.32 Å². The Labute approximate surface area is 114 Å². The first-order valence-electron chi connectivity index (χ1n) is 5.56. The lowest BCUT2D eigenvalue weighted by molar-refractivity contribution is 0.614. The molecule has 18 heavy (non-hydrogen) atoms. The number of hydrogen-bond donors (Lipinski definition) is 1. The molecule has 0 bridgehead atoms. The zero-order chi connectivity index (χ0) is 13.1. The summed E-state index contributed by atoms with van der Waals surface area (Å²) in [5.74, 6) is 0.501. The lowest BCUT2D eigenvalue weighted by atomic mass is 10.1. The summed E-state index contributed by atoms with van der Waals surface area (Å²) in [6.07, 6.45) is 3.13. The number of aryl methyl sites for hydroxylation is 1. The fourth-order valence-corrected chi connectivity index (χ4v) is 1.92. The van der Waals surface area contributed by atoms with E-state index in [0.29, 0.717) is 11.4 Å². The van der Waals surface area contributed by atoms with Crippen LogP contribution in [0, 0.1) is 12.7 Å². The molecule has 1 aromatic heterocycles. The molecule has 2 aromatic rings. The maximum atomic E-state index is 13.5. The van der Waals surface area contributed by atoms with E-state index in [0.717, 1.165) is 10.0 Å². The van der Waals surface area contributed by atoms with Crippen molar-refractivity contribution in [2.75, 3.05) is 5.32 Å². The van der Waals surface area contributed by atoms with Crippen LogP contribution in [0.2, 0.25) is 0 Å². The monoisotopic (exact) mass is 309 g/mol. The van der Waals surface area contributed by atoms with Crippen molar-refractivity contribution in [3.8, 4) is 0 Å². The zero-order valence-electron chi connectivity index (χ0n) is 10.1. The van der Waals surface area contributed by atoms with Gasteiger partial charge in [0.25, 0.3) is 0 Å². The number of nitrogens with zero attached hydrogens (tertiary/aromatic N) is 2. The van der Waals surface area contributed by atoms with Gasteiger partial charge in [0.2, 0.25) is 0 Å². The van der Waals surface area contributed by atoms with Crippen molar-refractivity contribution < 1.29 is 4.39 Å². The second kappa shape index (κ2) is 5.44. The summed E-state index contributed by atoms with van der Waals surface area (Å²) in [7, 11) is 0. The van der Waals surface area contributed by atoms with E-state index in [9.17, 15) is 4.39 Å². The average Bonchev–Trinajstić information content (AvgIpc) is 2.35. The number of nitrogens with one attached hydrogen (secondary N) is 1. The van der Waals surface area contributed by atoms with Gasteiger partial charge in [-0.1, -0.05) is 12.1 Å². The third-order valence-electron chi connectivity index (χ3n) is 2.72. The summed E-state index contributed by atoms with van der Waals surface area (Å²) in [6, 6.07) is 5.19. The van der Waals surface area contributed by atoms with Crippen LogP contribution >= 0.6 is 15.9 Å². The largest absolute Gasteiger partial charge is 0.363 e. The standard InChI is InChI=1S/C13H13BrFN3/c1-8-3-4-10(5-12(8)15)9(2)18-13-11(14)6-16-7-17-13/h3-7,9H,1-2H3,(H,16,17,18). The normalized spacial score (nSPS) is 12.2. The molecule has 1 N–H and O–H groups in total. The van der Waals surface area contributed by atoms with Gasteiger partial charge >= 0.3 is 0 Å². The SMILES string of the molecule is Cc1ccc(C(C)Nc2ncncc2Br)cc1F. The van der Waals surface area contributed by atoms with Crippen LogP contribution in [0.4, 0.5) is 10.2 Å². The smallest absolute Gasteiger partial charge is 0.144 e. The molecule has 1 unspecified atom stereocenters. The molecule has 3 nitrogen and oxygen atoms in total. The molecular formula is C13H13BrFN3. The zero-order valence-corrected chi connectivity index (χ0v) is 11.7. The Bertz CT molecular complexity index is 560. The predicted octanol–water partition coefficient (Wildman–Crippen LogP) is 3.86. The summed E-state index contributed by atoms with van der Waals surface area (Å²) < 4.78 is 14.3. The molecule has 1 heterocycles. The summed E-state index contributed by atoms with van der Waals surface area (Å²) in [5, 5.41) is 3.21. The van der Waals surface area contributed by atoms with Crippen LogP contribution in [0.15, 0.2) is 35.2 Å². The van der Waals surface area contributed by atoms with E-state index in [1.54, 1.807) is 25.3 Å². The molecule has 0 spiro atoms. The van der Waals surface area contributed by atoms with Crippen molar-refractivity contribution in [3.05, 3.63) is 52.1 Å². The van der Waals surface area contributed by atoms with E-state index >= 15 is 0 Å². The summed E-state index contributed by atoms with van der Waals surface area (Å²) in [4.78, 5) is 8.01. The Morgan fingerprint density at radius 1 is 1.39 bits per heavy atom. The van der Waals surface area contributed by atoms with E-state index in [4.69, 9.17) is 0 Å². The molecule has 5 heteroatoms. The summed E-state index contributed by atoms with van der Waals surface area (Å²) >= 11 is 3.36. The first kappa shape index (κ1) is 13.0. The number of benzene rings is 1. The van der Waals surface area contributed by atoms with Gasteiger partial charge in [0.05, 0.1) is 10.5 Å². The number of rotatable bonds is 3. The molecule has 1 atom stereocenters. The van der Waals surface area contributed by atoms with Gasteiger partial charge in [-0.05, 0) is 47.0 Å². The lowest BCUT2D eigenvalue weighted by Gasteiger charge is -2.16. The van der Waals surface area contributed by atoms with Crippen molar-refractivity contribution in [1.82, 2.24) is 9.97 Å². The Balaban J connectivity index is 2.19. The van der Waals surface area contributed by atoms with Gasteiger partial charge in [0.1, 0.15) is 18.0 Å². The van der Waals surface area contributed by atoms with Gasteiger partial charge in [-0.25, -0.2) is 14.4 Å². The van der Waals surface area contributed by atoms with Crippen molar-refractivity contribution in [1.29, 1.82) is 0 Å². The van der Waals surface area contributed by atoms with Gasteiger partial charge in [0.15, 0.2) is 0 Å². The molecular weight excluding hydrogens is 297 g/mol. The first-order valence-corrected chi connectivity index (χ1v) is 6.35. The third-order valence-corrected chi connectivity index (χ3v) is 3.30. The predicted molar refractivity (Wildman–Crippen MR) is 72.9 cm³/mol. The third kappa shape index (κ3) is 2.85. The fraction of sp³-hybridized carbons (Fsp3) is 0.231. The number of aromatic nitrogens is 2. The van der Waals surface area contributed by atoms with Gasteiger partial charge in [0, 0.05) is 6.20 Å². The molecule has 0 saturated heterocycles.